The second kappa shape index (κ2) is 11.2. The number of amides is 1. The van der Waals surface area contributed by atoms with Crippen LogP contribution in [0.25, 0.3) is 11.8 Å². The lowest BCUT2D eigenvalue weighted by Gasteiger charge is -2.27. The van der Waals surface area contributed by atoms with Gasteiger partial charge in [-0.25, -0.2) is 0 Å². The summed E-state index contributed by atoms with van der Waals surface area (Å²) >= 11 is 1.34. The summed E-state index contributed by atoms with van der Waals surface area (Å²) in [6.45, 7) is 1.00. The molecule has 0 fully saturated rings. The highest BCUT2D eigenvalue weighted by molar-refractivity contribution is 8.17. The summed E-state index contributed by atoms with van der Waals surface area (Å²) < 4.78 is 17.1. The molecule has 3 aromatic rings. The average molecular weight is 512 g/mol. The van der Waals surface area contributed by atoms with Gasteiger partial charge in [0.25, 0.3) is 5.91 Å². The number of nitrogens with one attached hydrogen (secondary N) is 1. The first-order chi connectivity index (χ1) is 18.1. The van der Waals surface area contributed by atoms with Crippen LogP contribution in [-0.4, -0.2) is 42.1 Å². The molecule has 0 saturated carbocycles. The van der Waals surface area contributed by atoms with E-state index in [4.69, 9.17) is 19.6 Å². The number of ether oxygens (including phenoxy) is 3. The van der Waals surface area contributed by atoms with E-state index < -0.39 is 5.91 Å². The maximum absolute atomic E-state index is 12.8. The molecule has 1 N–H and O–H groups in total. The zero-order valence-electron chi connectivity index (χ0n) is 20.2. The van der Waals surface area contributed by atoms with Gasteiger partial charge in [0.05, 0.1) is 31.6 Å². The summed E-state index contributed by atoms with van der Waals surface area (Å²) in [5, 5.41) is 11.2. The van der Waals surface area contributed by atoms with Gasteiger partial charge in [-0.1, -0.05) is 66.4 Å². The summed E-state index contributed by atoms with van der Waals surface area (Å²) in [6.07, 6.45) is 2.37. The van der Waals surface area contributed by atoms with Crippen molar-refractivity contribution in [2.75, 3.05) is 20.3 Å². The molecule has 1 amide bonds. The molecule has 0 atom stereocenters. The van der Waals surface area contributed by atoms with Crippen LogP contribution in [0.15, 0.2) is 94.8 Å². The van der Waals surface area contributed by atoms with Gasteiger partial charge >= 0.3 is 0 Å². The Morgan fingerprint density at radius 2 is 1.68 bits per heavy atom. The van der Waals surface area contributed by atoms with E-state index in [0.29, 0.717) is 41.9 Å². The van der Waals surface area contributed by atoms with Crippen LogP contribution < -0.4 is 14.2 Å². The molecular weight excluding hydrogens is 486 g/mol. The van der Waals surface area contributed by atoms with Gasteiger partial charge in [-0.2, -0.15) is 4.99 Å². The third-order valence-corrected chi connectivity index (χ3v) is 6.57. The number of amidine groups is 2. The molecule has 7 nitrogen and oxygen atoms in total. The first kappa shape index (κ1) is 24.4. The second-order valence-corrected chi connectivity index (χ2v) is 9.04. The quantitative estimate of drug-likeness (QED) is 0.287. The van der Waals surface area contributed by atoms with E-state index in [-0.39, 0.29) is 11.4 Å². The average Bonchev–Trinajstić information content (AvgIpc) is 3.36. The van der Waals surface area contributed by atoms with Crippen molar-refractivity contribution < 1.29 is 19.0 Å². The largest absolute Gasteiger partial charge is 0.493 e. The third kappa shape index (κ3) is 5.44. The van der Waals surface area contributed by atoms with Crippen LogP contribution in [0.3, 0.4) is 0 Å². The number of benzene rings is 3. The molecule has 0 bridgehead atoms. The lowest BCUT2D eigenvalue weighted by molar-refractivity contribution is -0.114. The minimum absolute atomic E-state index is 0.0906. The molecule has 0 aliphatic carbocycles. The molecule has 186 valence electrons. The fourth-order valence-corrected chi connectivity index (χ4v) is 4.81. The minimum atomic E-state index is -0.441. The van der Waals surface area contributed by atoms with E-state index in [1.54, 1.807) is 30.2 Å². The second-order valence-electron chi connectivity index (χ2n) is 8.20. The Morgan fingerprint density at radius 1 is 0.946 bits per heavy atom. The van der Waals surface area contributed by atoms with Crippen molar-refractivity contribution in [2.45, 2.75) is 6.42 Å². The fourth-order valence-electron chi connectivity index (χ4n) is 3.92. The van der Waals surface area contributed by atoms with Crippen LogP contribution in [0.1, 0.15) is 17.5 Å². The number of hydrogen-bond acceptors (Lipinski definition) is 6. The first-order valence-corrected chi connectivity index (χ1v) is 12.7. The summed E-state index contributed by atoms with van der Waals surface area (Å²) in [5.41, 5.74) is 2.70. The standard InChI is InChI=1S/C29H25N3O4S/c1-34-26-18-20(13-14-25(26)36-16-8-15-35-22-11-6-3-7-12-22)17-23-27(30)32-24(21-9-4-2-5-10-21)19-37-29(32)31-28(23)33/h2-7,9-14,17-19,30H,8,15-16H2,1H3. The molecule has 0 aromatic heterocycles. The first-order valence-electron chi connectivity index (χ1n) is 11.8. The van der Waals surface area contributed by atoms with E-state index in [2.05, 4.69) is 4.99 Å². The van der Waals surface area contributed by atoms with Crippen molar-refractivity contribution in [2.24, 2.45) is 4.99 Å². The highest BCUT2D eigenvalue weighted by Crippen LogP contribution is 2.37. The summed E-state index contributed by atoms with van der Waals surface area (Å²) in [4.78, 5) is 18.7. The predicted molar refractivity (Wildman–Crippen MR) is 147 cm³/mol. The van der Waals surface area contributed by atoms with Crippen molar-refractivity contribution in [3.8, 4) is 17.2 Å². The van der Waals surface area contributed by atoms with E-state index in [0.717, 1.165) is 17.0 Å². The number of rotatable bonds is 9. The highest BCUT2D eigenvalue weighted by Gasteiger charge is 2.36. The molecule has 2 aliphatic rings. The van der Waals surface area contributed by atoms with Crippen LogP contribution in [0.4, 0.5) is 0 Å². The topological polar surface area (TPSA) is 84.2 Å². The van der Waals surface area contributed by atoms with E-state index in [9.17, 15) is 4.79 Å². The lowest BCUT2D eigenvalue weighted by atomic mass is 10.1. The maximum Gasteiger partial charge on any atom is 0.283 e. The highest BCUT2D eigenvalue weighted by atomic mass is 32.2. The van der Waals surface area contributed by atoms with Crippen LogP contribution in [0.2, 0.25) is 0 Å². The van der Waals surface area contributed by atoms with Crippen LogP contribution in [0, 0.1) is 5.41 Å². The van der Waals surface area contributed by atoms with E-state index >= 15 is 0 Å². The van der Waals surface area contributed by atoms with Gasteiger partial charge in [0.2, 0.25) is 0 Å². The zero-order valence-corrected chi connectivity index (χ0v) is 21.0. The Kier molecular flexibility index (Phi) is 7.37. The SMILES string of the molecule is COc1cc(C=C2C(=N)N3C(c4ccccc4)=CSC3=NC2=O)ccc1OCCCOc1ccccc1. The normalized spacial score (nSPS) is 15.8. The van der Waals surface area contributed by atoms with Gasteiger partial charge in [0.15, 0.2) is 16.7 Å². The molecule has 0 saturated heterocycles. The molecule has 37 heavy (non-hydrogen) atoms. The third-order valence-electron chi connectivity index (χ3n) is 5.74. The number of carbonyl (C=O) groups excluding carboxylic acids is 1. The van der Waals surface area contributed by atoms with Crippen molar-refractivity contribution >= 4 is 40.4 Å². The predicted octanol–water partition coefficient (Wildman–Crippen LogP) is 5.85. The van der Waals surface area contributed by atoms with Gasteiger partial charge in [-0.15, -0.1) is 0 Å². The number of hydrogen-bond donors (Lipinski definition) is 1. The zero-order chi connectivity index (χ0) is 25.6. The maximum atomic E-state index is 12.8. The Bertz CT molecular complexity index is 1400. The molecule has 5 rings (SSSR count). The number of methoxy groups -OCH3 is 1. The molecule has 0 unspecified atom stereocenters. The Morgan fingerprint density at radius 3 is 2.43 bits per heavy atom. The smallest absolute Gasteiger partial charge is 0.283 e. The fraction of sp³-hybridized carbons (Fsp3) is 0.138. The monoisotopic (exact) mass is 511 g/mol. The molecule has 2 aliphatic heterocycles. The van der Waals surface area contributed by atoms with Gasteiger partial charge in [0, 0.05) is 11.8 Å². The number of para-hydroxylation sites is 1. The summed E-state index contributed by atoms with van der Waals surface area (Å²) in [7, 11) is 1.57. The van der Waals surface area contributed by atoms with Gasteiger partial charge in [-0.05, 0) is 41.5 Å². The summed E-state index contributed by atoms with van der Waals surface area (Å²) in [5.74, 6) is 1.62. The molecule has 0 radical (unpaired) electrons. The van der Waals surface area contributed by atoms with Crippen molar-refractivity contribution in [1.29, 1.82) is 5.41 Å². The molecule has 0 spiro atoms. The number of nitrogens with zero attached hydrogens (tertiary/aromatic N) is 2. The number of aliphatic imine (C=N–C) groups is 1. The van der Waals surface area contributed by atoms with E-state index in [1.165, 1.54) is 11.8 Å². The molecule has 2 heterocycles. The number of fused-ring (bicyclic) bond motifs is 1. The van der Waals surface area contributed by atoms with Gasteiger partial charge in [0.1, 0.15) is 11.6 Å². The Hall–Kier alpha value is -4.30. The van der Waals surface area contributed by atoms with Crippen molar-refractivity contribution in [3.05, 3.63) is 101 Å². The molecule has 8 heteroatoms. The van der Waals surface area contributed by atoms with E-state index in [1.807, 2.05) is 72.1 Å². The van der Waals surface area contributed by atoms with Gasteiger partial charge in [-0.3, -0.25) is 15.1 Å². The number of carbonyl (C=O) groups is 1. The van der Waals surface area contributed by atoms with Crippen LogP contribution in [0.5, 0.6) is 17.2 Å². The Balaban J connectivity index is 1.27. The molecule has 3 aromatic carbocycles. The van der Waals surface area contributed by atoms with Crippen LogP contribution in [-0.2, 0) is 4.79 Å². The van der Waals surface area contributed by atoms with Crippen molar-refractivity contribution in [3.63, 3.8) is 0 Å². The lowest BCUT2D eigenvalue weighted by Crippen LogP contribution is -2.38. The van der Waals surface area contributed by atoms with Crippen LogP contribution >= 0.6 is 11.8 Å². The minimum Gasteiger partial charge on any atom is -0.493 e. The van der Waals surface area contributed by atoms with Gasteiger partial charge < -0.3 is 14.2 Å². The number of thioether (sulfide) groups is 1. The Labute approximate surface area is 219 Å². The summed E-state index contributed by atoms with van der Waals surface area (Å²) in [6, 6.07) is 24.8. The van der Waals surface area contributed by atoms with Crippen molar-refractivity contribution in [1.82, 2.24) is 4.90 Å². The molecular formula is C29H25N3O4S.